The van der Waals surface area contributed by atoms with Gasteiger partial charge in [0.2, 0.25) is 0 Å². The molecule has 0 heterocycles. The predicted molar refractivity (Wildman–Crippen MR) is 54.3 cm³/mol. The van der Waals surface area contributed by atoms with Crippen LogP contribution in [0.4, 0.5) is 0 Å². The van der Waals surface area contributed by atoms with Gasteiger partial charge < -0.3 is 5.73 Å². The number of rotatable bonds is 2. The highest BCUT2D eigenvalue weighted by atomic mass is 35.5. The molecule has 0 saturated carbocycles. The van der Waals surface area contributed by atoms with Crippen molar-refractivity contribution in [3.63, 3.8) is 0 Å². The maximum Gasteiger partial charge on any atom is 0.0950 e. The van der Waals surface area contributed by atoms with E-state index in [9.17, 15) is 0 Å². The second kappa shape index (κ2) is 5.01. The third-order valence-electron chi connectivity index (χ3n) is 1.28. The molecular weight excluding hydrogens is 195 g/mol. The van der Waals surface area contributed by atoms with Crippen LogP contribution in [0.25, 0.3) is 0 Å². The van der Waals surface area contributed by atoms with Gasteiger partial charge in [-0.3, -0.25) is 5.41 Å². The van der Waals surface area contributed by atoms with Crippen molar-refractivity contribution in [2.75, 3.05) is 0 Å². The summed E-state index contributed by atoms with van der Waals surface area (Å²) in [6.07, 6.45) is 0.473. The lowest BCUT2D eigenvalue weighted by atomic mass is 10.1. The SMILES string of the molecule is Cl.N=C(N)Cc1cccc(Cl)c1. The molecule has 0 radical (unpaired) electrons. The summed E-state index contributed by atoms with van der Waals surface area (Å²) in [5, 5.41) is 7.72. The maximum atomic E-state index is 7.04. The number of hydrogen-bond donors (Lipinski definition) is 2. The summed E-state index contributed by atoms with van der Waals surface area (Å²) < 4.78 is 0. The van der Waals surface area contributed by atoms with Crippen LogP contribution in [0.15, 0.2) is 24.3 Å². The molecule has 0 aromatic heterocycles. The molecule has 1 aromatic rings. The first kappa shape index (κ1) is 11.3. The number of hydrogen-bond acceptors (Lipinski definition) is 1. The highest BCUT2D eigenvalue weighted by molar-refractivity contribution is 6.30. The molecular formula is C8H10Cl2N2. The minimum absolute atomic E-state index is 0. The van der Waals surface area contributed by atoms with Crippen molar-refractivity contribution < 1.29 is 0 Å². The van der Waals surface area contributed by atoms with Crippen LogP contribution >= 0.6 is 24.0 Å². The molecule has 4 heteroatoms. The molecule has 0 bridgehead atoms. The largest absolute Gasteiger partial charge is 0.387 e. The van der Waals surface area contributed by atoms with Crippen LogP contribution in [-0.2, 0) is 6.42 Å². The number of benzene rings is 1. The first-order chi connectivity index (χ1) is 5.18. The topological polar surface area (TPSA) is 49.9 Å². The summed E-state index contributed by atoms with van der Waals surface area (Å²) in [5.74, 6) is 0.160. The standard InChI is InChI=1S/C8H9ClN2.ClH/c9-7-3-1-2-6(4-7)5-8(10)11;/h1-4H,5H2,(H3,10,11);1H. The molecule has 3 N–H and O–H groups in total. The Bertz CT molecular complexity index is 274. The van der Waals surface area contributed by atoms with Crippen LogP contribution in [0.1, 0.15) is 5.56 Å². The Balaban J connectivity index is 0.00000121. The Morgan fingerprint density at radius 2 is 2.17 bits per heavy atom. The summed E-state index contributed by atoms with van der Waals surface area (Å²) in [7, 11) is 0. The van der Waals surface area contributed by atoms with Gasteiger partial charge in [-0.15, -0.1) is 12.4 Å². The molecule has 0 unspecified atom stereocenters. The second-order valence-electron chi connectivity index (χ2n) is 2.33. The van der Waals surface area contributed by atoms with E-state index in [2.05, 4.69) is 0 Å². The van der Waals surface area contributed by atoms with E-state index < -0.39 is 0 Å². The second-order valence-corrected chi connectivity index (χ2v) is 2.77. The van der Waals surface area contributed by atoms with Gasteiger partial charge in [-0.2, -0.15) is 0 Å². The zero-order valence-electron chi connectivity index (χ0n) is 6.38. The first-order valence-electron chi connectivity index (χ1n) is 3.26. The lowest BCUT2D eigenvalue weighted by Gasteiger charge is -1.98. The van der Waals surface area contributed by atoms with Crippen molar-refractivity contribution in [2.45, 2.75) is 6.42 Å². The minimum atomic E-state index is 0. The van der Waals surface area contributed by atoms with Gasteiger partial charge in [-0.1, -0.05) is 23.7 Å². The fraction of sp³-hybridized carbons (Fsp3) is 0.125. The number of amidine groups is 1. The van der Waals surface area contributed by atoms with Crippen LogP contribution in [0.2, 0.25) is 5.02 Å². The highest BCUT2D eigenvalue weighted by Crippen LogP contribution is 2.10. The zero-order valence-corrected chi connectivity index (χ0v) is 7.95. The number of halogens is 2. The van der Waals surface area contributed by atoms with E-state index in [-0.39, 0.29) is 18.2 Å². The number of nitrogens with one attached hydrogen (secondary N) is 1. The van der Waals surface area contributed by atoms with E-state index in [0.29, 0.717) is 11.4 Å². The third-order valence-corrected chi connectivity index (χ3v) is 1.52. The van der Waals surface area contributed by atoms with Crippen LogP contribution < -0.4 is 5.73 Å². The van der Waals surface area contributed by atoms with E-state index in [1.807, 2.05) is 18.2 Å². The van der Waals surface area contributed by atoms with E-state index in [0.717, 1.165) is 5.56 Å². The van der Waals surface area contributed by atoms with E-state index in [1.165, 1.54) is 0 Å². The molecule has 1 aromatic carbocycles. The quantitative estimate of drug-likeness (QED) is 0.564. The van der Waals surface area contributed by atoms with Crippen LogP contribution in [-0.4, -0.2) is 5.84 Å². The van der Waals surface area contributed by atoms with Crippen molar-refractivity contribution in [3.8, 4) is 0 Å². The fourth-order valence-electron chi connectivity index (χ4n) is 0.867. The Kier molecular flexibility index (Phi) is 4.71. The average Bonchev–Trinajstić information content (AvgIpc) is 1.85. The monoisotopic (exact) mass is 204 g/mol. The summed E-state index contributed by atoms with van der Waals surface area (Å²) in [5.41, 5.74) is 6.19. The summed E-state index contributed by atoms with van der Waals surface area (Å²) >= 11 is 5.72. The van der Waals surface area contributed by atoms with Gasteiger partial charge in [0.1, 0.15) is 0 Å². The van der Waals surface area contributed by atoms with Gasteiger partial charge in [0.15, 0.2) is 0 Å². The minimum Gasteiger partial charge on any atom is -0.387 e. The van der Waals surface area contributed by atoms with Gasteiger partial charge in [-0.25, -0.2) is 0 Å². The summed E-state index contributed by atoms with van der Waals surface area (Å²) in [4.78, 5) is 0. The first-order valence-corrected chi connectivity index (χ1v) is 3.63. The molecule has 0 aliphatic carbocycles. The lowest BCUT2D eigenvalue weighted by Crippen LogP contribution is -2.12. The Hall–Kier alpha value is -0.730. The fourth-order valence-corrected chi connectivity index (χ4v) is 1.08. The van der Waals surface area contributed by atoms with Gasteiger partial charge in [0.25, 0.3) is 0 Å². The highest BCUT2D eigenvalue weighted by Gasteiger charge is 1.94. The van der Waals surface area contributed by atoms with Gasteiger partial charge >= 0.3 is 0 Å². The third kappa shape index (κ3) is 3.60. The Morgan fingerprint density at radius 1 is 1.50 bits per heavy atom. The van der Waals surface area contributed by atoms with Crippen molar-refractivity contribution >= 4 is 29.8 Å². The van der Waals surface area contributed by atoms with Crippen molar-refractivity contribution in [1.82, 2.24) is 0 Å². The van der Waals surface area contributed by atoms with Gasteiger partial charge in [0, 0.05) is 11.4 Å². The molecule has 0 saturated heterocycles. The molecule has 0 aliphatic heterocycles. The van der Waals surface area contributed by atoms with Gasteiger partial charge in [-0.05, 0) is 17.7 Å². The van der Waals surface area contributed by atoms with Gasteiger partial charge in [0.05, 0.1) is 5.84 Å². The predicted octanol–water partition coefficient (Wildman–Crippen LogP) is 2.24. The maximum absolute atomic E-state index is 7.04. The normalized spacial score (nSPS) is 8.75. The average molecular weight is 205 g/mol. The molecule has 2 nitrogen and oxygen atoms in total. The summed E-state index contributed by atoms with van der Waals surface area (Å²) in [6.45, 7) is 0. The number of nitrogens with two attached hydrogens (primary N) is 1. The molecule has 66 valence electrons. The molecule has 0 atom stereocenters. The van der Waals surface area contributed by atoms with Crippen molar-refractivity contribution in [2.24, 2.45) is 5.73 Å². The molecule has 0 fully saturated rings. The molecule has 0 aliphatic rings. The molecule has 0 spiro atoms. The van der Waals surface area contributed by atoms with Crippen LogP contribution in [0.3, 0.4) is 0 Å². The zero-order chi connectivity index (χ0) is 8.27. The van der Waals surface area contributed by atoms with Crippen LogP contribution in [0.5, 0.6) is 0 Å². The van der Waals surface area contributed by atoms with Crippen molar-refractivity contribution in [1.29, 1.82) is 5.41 Å². The van der Waals surface area contributed by atoms with E-state index in [1.54, 1.807) is 6.07 Å². The molecule has 12 heavy (non-hydrogen) atoms. The Morgan fingerprint density at radius 3 is 2.67 bits per heavy atom. The molecule has 0 amide bonds. The lowest BCUT2D eigenvalue weighted by molar-refractivity contribution is 1.25. The Labute approximate surface area is 82.6 Å². The summed E-state index contributed by atoms with van der Waals surface area (Å²) in [6, 6.07) is 7.35. The van der Waals surface area contributed by atoms with E-state index >= 15 is 0 Å². The van der Waals surface area contributed by atoms with E-state index in [4.69, 9.17) is 22.7 Å². The molecule has 1 rings (SSSR count). The smallest absolute Gasteiger partial charge is 0.0950 e. The van der Waals surface area contributed by atoms with Crippen molar-refractivity contribution in [3.05, 3.63) is 34.9 Å². The van der Waals surface area contributed by atoms with Crippen LogP contribution in [0, 0.1) is 5.41 Å².